The summed E-state index contributed by atoms with van der Waals surface area (Å²) in [4.78, 5) is 35.6. The number of furan rings is 2. The van der Waals surface area contributed by atoms with Crippen molar-refractivity contribution in [3.05, 3.63) is 64.8 Å². The summed E-state index contributed by atoms with van der Waals surface area (Å²) < 4.78 is 19.9. The van der Waals surface area contributed by atoms with Crippen molar-refractivity contribution in [1.82, 2.24) is 0 Å². The fraction of sp³-hybridized carbons (Fsp3) is 0.118. The standard InChI is InChI=1S/C17H13NO7S/c1-22-16(20)12-5-4-10(25-12)9-24-17(21)13-6-7-14(26-13)18-15(19)11-3-2-8-23-11/h2-8H,9H2,1H3,(H,18,19). The third kappa shape index (κ3) is 4.01. The molecule has 1 amide bonds. The molecule has 3 aromatic heterocycles. The Hall–Kier alpha value is -3.33. The SMILES string of the molecule is COC(=O)c1ccc(COC(=O)c2ccc(NC(=O)c3ccco3)s2)o1. The second kappa shape index (κ2) is 7.70. The van der Waals surface area contributed by atoms with Crippen LogP contribution in [0.5, 0.6) is 0 Å². The maximum atomic E-state index is 12.1. The Morgan fingerprint density at radius 3 is 2.65 bits per heavy atom. The molecule has 0 saturated carbocycles. The van der Waals surface area contributed by atoms with Crippen LogP contribution in [0.4, 0.5) is 5.00 Å². The lowest BCUT2D eigenvalue weighted by Crippen LogP contribution is -2.09. The Balaban J connectivity index is 1.55. The molecular formula is C17H13NO7S. The van der Waals surface area contributed by atoms with Gasteiger partial charge in [0.15, 0.2) is 5.76 Å². The number of methoxy groups -OCH3 is 1. The number of hydrogen-bond acceptors (Lipinski definition) is 8. The van der Waals surface area contributed by atoms with Crippen molar-refractivity contribution in [2.24, 2.45) is 0 Å². The van der Waals surface area contributed by atoms with Crippen molar-refractivity contribution >= 4 is 34.2 Å². The zero-order chi connectivity index (χ0) is 18.5. The predicted octanol–water partition coefficient (Wildman–Crippen LogP) is 3.33. The van der Waals surface area contributed by atoms with Gasteiger partial charge in [-0.25, -0.2) is 9.59 Å². The van der Waals surface area contributed by atoms with Crippen LogP contribution < -0.4 is 5.32 Å². The Morgan fingerprint density at radius 2 is 1.92 bits per heavy atom. The molecule has 0 radical (unpaired) electrons. The van der Waals surface area contributed by atoms with Crippen LogP contribution in [0.15, 0.2) is 51.5 Å². The Kier molecular flexibility index (Phi) is 5.18. The normalized spacial score (nSPS) is 10.3. The number of carbonyl (C=O) groups is 3. The topological polar surface area (TPSA) is 108 Å². The van der Waals surface area contributed by atoms with Crippen LogP contribution in [0, 0.1) is 0 Å². The molecule has 9 heteroatoms. The van der Waals surface area contributed by atoms with E-state index in [0.29, 0.717) is 15.6 Å². The third-order valence-electron chi connectivity index (χ3n) is 3.18. The molecule has 0 bridgehead atoms. The summed E-state index contributed by atoms with van der Waals surface area (Å²) >= 11 is 1.06. The minimum atomic E-state index is -0.613. The molecule has 0 atom stereocenters. The van der Waals surface area contributed by atoms with E-state index in [1.807, 2.05) is 0 Å². The fourth-order valence-electron chi connectivity index (χ4n) is 1.97. The van der Waals surface area contributed by atoms with Crippen molar-refractivity contribution in [1.29, 1.82) is 0 Å². The van der Waals surface area contributed by atoms with Crippen LogP contribution in [0.25, 0.3) is 0 Å². The zero-order valence-corrected chi connectivity index (χ0v) is 14.3. The molecule has 0 unspecified atom stereocenters. The monoisotopic (exact) mass is 375 g/mol. The van der Waals surface area contributed by atoms with Gasteiger partial charge in [0.1, 0.15) is 17.2 Å². The van der Waals surface area contributed by atoms with Gasteiger partial charge >= 0.3 is 11.9 Å². The van der Waals surface area contributed by atoms with E-state index in [1.165, 1.54) is 37.6 Å². The smallest absolute Gasteiger partial charge is 0.373 e. The number of ether oxygens (including phenoxy) is 2. The van der Waals surface area contributed by atoms with Crippen LogP contribution in [-0.2, 0) is 16.1 Å². The van der Waals surface area contributed by atoms with Gasteiger partial charge in [-0.1, -0.05) is 0 Å². The average Bonchev–Trinajstić information content (AvgIpc) is 3.40. The summed E-state index contributed by atoms with van der Waals surface area (Å²) in [5, 5.41) is 3.10. The molecule has 3 rings (SSSR count). The molecule has 0 saturated heterocycles. The first kappa shape index (κ1) is 17.5. The first-order valence-corrected chi connectivity index (χ1v) is 8.17. The molecule has 0 aliphatic carbocycles. The minimum Gasteiger partial charge on any atom is -0.463 e. The number of rotatable bonds is 6. The van der Waals surface area contributed by atoms with Gasteiger partial charge in [0.2, 0.25) is 5.76 Å². The number of anilines is 1. The second-order valence-corrected chi connectivity index (χ2v) is 6.01. The Labute approximate surface area is 151 Å². The van der Waals surface area contributed by atoms with Gasteiger partial charge < -0.3 is 23.6 Å². The highest BCUT2D eigenvalue weighted by molar-refractivity contribution is 7.18. The highest BCUT2D eigenvalue weighted by Crippen LogP contribution is 2.24. The van der Waals surface area contributed by atoms with Crippen molar-refractivity contribution in [3.63, 3.8) is 0 Å². The van der Waals surface area contributed by atoms with E-state index >= 15 is 0 Å². The van der Waals surface area contributed by atoms with E-state index in [4.69, 9.17) is 13.6 Å². The zero-order valence-electron chi connectivity index (χ0n) is 13.5. The quantitative estimate of drug-likeness (QED) is 0.658. The number of nitrogens with one attached hydrogen (secondary N) is 1. The highest BCUT2D eigenvalue weighted by Gasteiger charge is 2.16. The third-order valence-corrected chi connectivity index (χ3v) is 4.16. The molecule has 0 aliphatic rings. The van der Waals surface area contributed by atoms with Crippen molar-refractivity contribution in [2.75, 3.05) is 12.4 Å². The number of esters is 2. The summed E-state index contributed by atoms with van der Waals surface area (Å²) in [6.45, 7) is -0.137. The first-order chi connectivity index (χ1) is 12.6. The maximum Gasteiger partial charge on any atom is 0.373 e. The fourth-order valence-corrected chi connectivity index (χ4v) is 2.76. The van der Waals surface area contributed by atoms with Crippen LogP contribution in [-0.4, -0.2) is 25.0 Å². The first-order valence-electron chi connectivity index (χ1n) is 7.35. The molecule has 26 heavy (non-hydrogen) atoms. The summed E-state index contributed by atoms with van der Waals surface area (Å²) in [5.74, 6) is -1.11. The lowest BCUT2D eigenvalue weighted by Gasteiger charge is -2.01. The molecular weight excluding hydrogens is 362 g/mol. The summed E-state index contributed by atoms with van der Waals surface area (Å²) in [7, 11) is 1.24. The van der Waals surface area contributed by atoms with E-state index in [-0.39, 0.29) is 18.1 Å². The lowest BCUT2D eigenvalue weighted by molar-refractivity contribution is 0.0443. The van der Waals surface area contributed by atoms with E-state index < -0.39 is 17.8 Å². The Bertz CT molecular complexity index is 923. The van der Waals surface area contributed by atoms with E-state index in [9.17, 15) is 14.4 Å². The van der Waals surface area contributed by atoms with Gasteiger partial charge in [0.05, 0.1) is 18.4 Å². The van der Waals surface area contributed by atoms with E-state index in [0.717, 1.165) is 11.3 Å². The number of amides is 1. The van der Waals surface area contributed by atoms with E-state index in [2.05, 4.69) is 10.1 Å². The lowest BCUT2D eigenvalue weighted by atomic mass is 10.4. The number of hydrogen-bond donors (Lipinski definition) is 1. The molecule has 134 valence electrons. The minimum absolute atomic E-state index is 0.0256. The van der Waals surface area contributed by atoms with Gasteiger partial charge in [-0.05, 0) is 36.4 Å². The summed E-state index contributed by atoms with van der Waals surface area (Å²) in [5.41, 5.74) is 0. The molecule has 0 aromatic carbocycles. The van der Waals surface area contributed by atoms with Gasteiger partial charge in [-0.15, -0.1) is 11.3 Å². The predicted molar refractivity (Wildman–Crippen MR) is 90.1 cm³/mol. The van der Waals surface area contributed by atoms with Crippen LogP contribution in [0.3, 0.4) is 0 Å². The molecule has 0 spiro atoms. The van der Waals surface area contributed by atoms with E-state index in [1.54, 1.807) is 12.1 Å². The molecule has 0 fully saturated rings. The van der Waals surface area contributed by atoms with Crippen molar-refractivity contribution < 1.29 is 32.7 Å². The highest BCUT2D eigenvalue weighted by atomic mass is 32.1. The molecule has 0 aliphatic heterocycles. The van der Waals surface area contributed by atoms with Gasteiger partial charge in [0, 0.05) is 0 Å². The second-order valence-electron chi connectivity index (χ2n) is 4.93. The van der Waals surface area contributed by atoms with Crippen LogP contribution in [0.2, 0.25) is 0 Å². The molecule has 3 heterocycles. The molecule has 1 N–H and O–H groups in total. The van der Waals surface area contributed by atoms with Crippen molar-refractivity contribution in [3.8, 4) is 0 Å². The van der Waals surface area contributed by atoms with Gasteiger partial charge in [0.25, 0.3) is 5.91 Å². The largest absolute Gasteiger partial charge is 0.463 e. The van der Waals surface area contributed by atoms with Gasteiger partial charge in [-0.3, -0.25) is 4.79 Å². The summed E-state index contributed by atoms with van der Waals surface area (Å²) in [6, 6.07) is 9.21. The molecule has 8 nitrogen and oxygen atoms in total. The summed E-state index contributed by atoms with van der Waals surface area (Å²) in [6.07, 6.45) is 1.40. The maximum absolute atomic E-state index is 12.1. The molecule has 3 aromatic rings. The number of carbonyl (C=O) groups excluding carboxylic acids is 3. The Morgan fingerprint density at radius 1 is 1.08 bits per heavy atom. The van der Waals surface area contributed by atoms with Crippen LogP contribution in [0.1, 0.15) is 36.5 Å². The number of thiophene rings is 1. The van der Waals surface area contributed by atoms with Crippen molar-refractivity contribution in [2.45, 2.75) is 6.61 Å². The average molecular weight is 375 g/mol. The van der Waals surface area contributed by atoms with Crippen LogP contribution >= 0.6 is 11.3 Å². The van der Waals surface area contributed by atoms with Gasteiger partial charge in [-0.2, -0.15) is 0 Å².